The maximum Gasteiger partial charge on any atom is 0.254 e. The molecule has 0 bridgehead atoms. The van der Waals surface area contributed by atoms with Crippen molar-refractivity contribution in [2.75, 3.05) is 26.2 Å². The molecule has 1 aliphatic heterocycles. The van der Waals surface area contributed by atoms with E-state index in [-0.39, 0.29) is 17.4 Å². The fourth-order valence-corrected chi connectivity index (χ4v) is 3.17. The molecule has 0 unspecified atom stereocenters. The van der Waals surface area contributed by atoms with E-state index in [4.69, 9.17) is 0 Å². The zero-order valence-corrected chi connectivity index (χ0v) is 15.3. The van der Waals surface area contributed by atoms with Crippen LogP contribution in [0, 0.1) is 18.6 Å². The van der Waals surface area contributed by atoms with E-state index in [0.717, 1.165) is 23.3 Å². The molecule has 1 aliphatic rings. The molecule has 142 valence electrons. The summed E-state index contributed by atoms with van der Waals surface area (Å²) in [6, 6.07) is 11.0. The number of benzene rings is 2. The molecule has 1 heterocycles. The smallest absolute Gasteiger partial charge is 0.254 e. The third-order valence-electron chi connectivity index (χ3n) is 4.78. The number of hydrogen-bond donors (Lipinski definition) is 0. The summed E-state index contributed by atoms with van der Waals surface area (Å²) in [6.45, 7) is 3.86. The van der Waals surface area contributed by atoms with Crippen molar-refractivity contribution in [2.24, 2.45) is 0 Å². The molecule has 2 amide bonds. The van der Waals surface area contributed by atoms with E-state index >= 15 is 0 Å². The first-order valence-corrected chi connectivity index (χ1v) is 9.01. The summed E-state index contributed by atoms with van der Waals surface area (Å²) in [7, 11) is 0. The van der Waals surface area contributed by atoms with Crippen molar-refractivity contribution in [3.63, 3.8) is 0 Å². The van der Waals surface area contributed by atoms with E-state index < -0.39 is 11.6 Å². The van der Waals surface area contributed by atoms with E-state index in [1.807, 2.05) is 31.2 Å². The number of hydrogen-bond acceptors (Lipinski definition) is 2. The third-order valence-corrected chi connectivity index (χ3v) is 4.78. The normalized spacial score (nSPS) is 14.8. The SMILES string of the molecule is Cc1ccc(CC(=O)N2CCCN(C(=O)c3ccc(F)c(F)c3)CC2)cc1. The van der Waals surface area contributed by atoms with Crippen LogP contribution in [0.2, 0.25) is 0 Å². The molecule has 27 heavy (non-hydrogen) atoms. The highest BCUT2D eigenvalue weighted by Gasteiger charge is 2.23. The van der Waals surface area contributed by atoms with E-state index in [1.165, 1.54) is 6.07 Å². The molecule has 3 rings (SSSR count). The van der Waals surface area contributed by atoms with Crippen LogP contribution in [0.1, 0.15) is 27.9 Å². The zero-order chi connectivity index (χ0) is 19.4. The van der Waals surface area contributed by atoms with Gasteiger partial charge in [0, 0.05) is 31.7 Å². The maximum atomic E-state index is 13.4. The van der Waals surface area contributed by atoms with Gasteiger partial charge in [0.2, 0.25) is 5.91 Å². The lowest BCUT2D eigenvalue weighted by atomic mass is 10.1. The Labute approximate surface area is 157 Å². The molecule has 1 saturated heterocycles. The minimum Gasteiger partial charge on any atom is -0.341 e. The number of carbonyl (C=O) groups excluding carboxylic acids is 2. The van der Waals surface area contributed by atoms with Crippen molar-refractivity contribution in [1.82, 2.24) is 9.80 Å². The van der Waals surface area contributed by atoms with Crippen LogP contribution in [0.3, 0.4) is 0 Å². The Morgan fingerprint density at radius 3 is 2.26 bits per heavy atom. The van der Waals surface area contributed by atoms with Crippen molar-refractivity contribution >= 4 is 11.8 Å². The summed E-state index contributed by atoms with van der Waals surface area (Å²) < 4.78 is 26.5. The van der Waals surface area contributed by atoms with Crippen molar-refractivity contribution in [2.45, 2.75) is 19.8 Å². The molecule has 0 spiro atoms. The van der Waals surface area contributed by atoms with Gasteiger partial charge >= 0.3 is 0 Å². The Bertz CT molecular complexity index is 837. The molecule has 0 aromatic heterocycles. The Morgan fingerprint density at radius 1 is 0.889 bits per heavy atom. The number of carbonyl (C=O) groups is 2. The van der Waals surface area contributed by atoms with Gasteiger partial charge in [0.1, 0.15) is 0 Å². The predicted octanol–water partition coefficient (Wildman–Crippen LogP) is 3.19. The monoisotopic (exact) mass is 372 g/mol. The van der Waals surface area contributed by atoms with Gasteiger partial charge in [-0.15, -0.1) is 0 Å². The van der Waals surface area contributed by atoms with Crippen LogP contribution in [0.15, 0.2) is 42.5 Å². The van der Waals surface area contributed by atoms with E-state index in [0.29, 0.717) is 39.0 Å². The predicted molar refractivity (Wildman–Crippen MR) is 98.3 cm³/mol. The van der Waals surface area contributed by atoms with Gasteiger partial charge in [0.15, 0.2) is 11.6 Å². The second-order valence-electron chi connectivity index (χ2n) is 6.82. The fourth-order valence-electron chi connectivity index (χ4n) is 3.17. The third kappa shape index (κ3) is 4.70. The van der Waals surface area contributed by atoms with Gasteiger partial charge in [-0.1, -0.05) is 29.8 Å². The molecule has 1 fully saturated rings. The van der Waals surface area contributed by atoms with E-state index in [9.17, 15) is 18.4 Å². The summed E-state index contributed by atoms with van der Waals surface area (Å²) >= 11 is 0. The van der Waals surface area contributed by atoms with Crippen LogP contribution < -0.4 is 0 Å². The molecule has 0 N–H and O–H groups in total. The van der Waals surface area contributed by atoms with E-state index in [2.05, 4.69) is 0 Å². The Morgan fingerprint density at radius 2 is 1.56 bits per heavy atom. The van der Waals surface area contributed by atoms with Crippen LogP contribution in [0.4, 0.5) is 8.78 Å². The van der Waals surface area contributed by atoms with Crippen LogP contribution in [0.5, 0.6) is 0 Å². The standard InChI is InChI=1S/C21H22F2N2O2/c1-15-3-5-16(6-4-15)13-20(26)24-9-2-10-25(12-11-24)21(27)17-7-8-18(22)19(23)14-17/h3-8,14H,2,9-13H2,1H3. The Kier molecular flexibility index (Phi) is 5.84. The largest absolute Gasteiger partial charge is 0.341 e. The molecular formula is C21H22F2N2O2. The number of halogens is 2. The highest BCUT2D eigenvalue weighted by atomic mass is 19.2. The molecule has 0 radical (unpaired) electrons. The first kappa shape index (κ1) is 19.0. The molecule has 0 saturated carbocycles. The van der Waals surface area contributed by atoms with Gasteiger partial charge in [-0.25, -0.2) is 8.78 Å². The summed E-state index contributed by atoms with van der Waals surface area (Å²) in [5.41, 5.74) is 2.23. The van der Waals surface area contributed by atoms with Gasteiger partial charge in [0.05, 0.1) is 6.42 Å². The molecule has 6 heteroatoms. The Hall–Kier alpha value is -2.76. The molecule has 0 atom stereocenters. The van der Waals surface area contributed by atoms with Crippen LogP contribution in [-0.4, -0.2) is 47.8 Å². The van der Waals surface area contributed by atoms with Crippen LogP contribution >= 0.6 is 0 Å². The van der Waals surface area contributed by atoms with Gasteiger partial charge < -0.3 is 9.80 Å². The lowest BCUT2D eigenvalue weighted by molar-refractivity contribution is -0.130. The number of amides is 2. The summed E-state index contributed by atoms with van der Waals surface area (Å²) in [5.74, 6) is -2.33. The summed E-state index contributed by atoms with van der Waals surface area (Å²) in [5, 5.41) is 0. The lowest BCUT2D eigenvalue weighted by Gasteiger charge is -2.22. The van der Waals surface area contributed by atoms with Gasteiger partial charge in [0.25, 0.3) is 5.91 Å². The number of aryl methyl sites for hydroxylation is 1. The maximum absolute atomic E-state index is 13.4. The first-order valence-electron chi connectivity index (χ1n) is 9.01. The van der Waals surface area contributed by atoms with Gasteiger partial charge in [-0.2, -0.15) is 0 Å². The average molecular weight is 372 g/mol. The molecular weight excluding hydrogens is 350 g/mol. The second kappa shape index (κ2) is 8.29. The van der Waals surface area contributed by atoms with Crippen molar-refractivity contribution in [1.29, 1.82) is 0 Å². The quantitative estimate of drug-likeness (QED) is 0.830. The van der Waals surface area contributed by atoms with Gasteiger partial charge in [-0.05, 0) is 37.1 Å². The summed E-state index contributed by atoms with van der Waals surface area (Å²) in [4.78, 5) is 28.5. The van der Waals surface area contributed by atoms with Crippen molar-refractivity contribution < 1.29 is 18.4 Å². The zero-order valence-electron chi connectivity index (χ0n) is 15.3. The minimum absolute atomic E-state index is 0.0287. The average Bonchev–Trinajstić information content (AvgIpc) is 2.91. The fraction of sp³-hybridized carbons (Fsp3) is 0.333. The van der Waals surface area contributed by atoms with Crippen LogP contribution in [0.25, 0.3) is 0 Å². The van der Waals surface area contributed by atoms with E-state index in [1.54, 1.807) is 9.80 Å². The molecule has 2 aromatic carbocycles. The summed E-state index contributed by atoms with van der Waals surface area (Å²) in [6.07, 6.45) is 0.979. The minimum atomic E-state index is -1.04. The molecule has 2 aromatic rings. The number of rotatable bonds is 3. The second-order valence-corrected chi connectivity index (χ2v) is 6.82. The lowest BCUT2D eigenvalue weighted by Crippen LogP contribution is -2.38. The van der Waals surface area contributed by atoms with Crippen molar-refractivity contribution in [3.05, 3.63) is 70.8 Å². The molecule has 0 aliphatic carbocycles. The highest BCUT2D eigenvalue weighted by Crippen LogP contribution is 2.14. The van der Waals surface area contributed by atoms with Gasteiger partial charge in [-0.3, -0.25) is 9.59 Å². The topological polar surface area (TPSA) is 40.6 Å². The highest BCUT2D eigenvalue weighted by molar-refractivity contribution is 5.94. The van der Waals surface area contributed by atoms with Crippen molar-refractivity contribution in [3.8, 4) is 0 Å². The Balaban J connectivity index is 1.60. The molecule has 4 nitrogen and oxygen atoms in total. The first-order chi connectivity index (χ1) is 12.9. The number of nitrogens with zero attached hydrogens (tertiary/aromatic N) is 2. The van der Waals surface area contributed by atoms with Crippen LogP contribution in [-0.2, 0) is 11.2 Å².